The monoisotopic (exact) mass is 419 g/mol. The number of amides is 2. The Hall–Kier alpha value is -2.44. The van der Waals surface area contributed by atoms with Crippen molar-refractivity contribution >= 4 is 23.4 Å². The molecule has 2 rings (SSSR count). The van der Waals surface area contributed by atoms with Crippen LogP contribution in [0.2, 0.25) is 5.02 Å². The third-order valence-electron chi connectivity index (χ3n) is 4.67. The minimum atomic E-state index is -0.700. The smallest absolute Gasteiger partial charge is 0.251 e. The molecule has 0 aliphatic carbocycles. The average molecular weight is 420 g/mol. The number of hydrogen-bond donors (Lipinski definition) is 2. The molecule has 0 heterocycles. The predicted octanol–water partition coefficient (Wildman–Crippen LogP) is 3.65. The summed E-state index contributed by atoms with van der Waals surface area (Å²) in [5, 5.41) is 6.21. The van der Waals surface area contributed by atoms with Crippen LogP contribution < -0.4 is 10.6 Å². The zero-order chi connectivity index (χ0) is 21.6. The van der Waals surface area contributed by atoms with Crippen molar-refractivity contribution in [3.63, 3.8) is 0 Å². The van der Waals surface area contributed by atoms with Gasteiger partial charge in [0.2, 0.25) is 5.91 Å². The van der Waals surface area contributed by atoms with E-state index >= 15 is 0 Å². The fraction of sp³-hybridized carbons (Fsp3) is 0.364. The first-order chi connectivity index (χ1) is 13.7. The van der Waals surface area contributed by atoms with E-state index in [0.29, 0.717) is 10.6 Å². The Balaban J connectivity index is 2.06. The van der Waals surface area contributed by atoms with Crippen LogP contribution in [0.3, 0.4) is 0 Å². The van der Waals surface area contributed by atoms with Gasteiger partial charge in [-0.25, -0.2) is 4.39 Å². The third kappa shape index (κ3) is 6.54. The summed E-state index contributed by atoms with van der Waals surface area (Å²) in [6.07, 6.45) is 0. The van der Waals surface area contributed by atoms with E-state index in [4.69, 9.17) is 11.6 Å². The van der Waals surface area contributed by atoms with Crippen molar-refractivity contribution < 1.29 is 14.0 Å². The van der Waals surface area contributed by atoms with Gasteiger partial charge in [0, 0.05) is 17.1 Å². The number of benzene rings is 2. The molecule has 0 aliphatic rings. The highest BCUT2D eigenvalue weighted by molar-refractivity contribution is 6.30. The first-order valence-electron chi connectivity index (χ1n) is 9.45. The second-order valence-corrected chi connectivity index (χ2v) is 7.92. The molecule has 2 aromatic rings. The molecule has 0 fully saturated rings. The van der Waals surface area contributed by atoms with Gasteiger partial charge >= 0.3 is 0 Å². The summed E-state index contributed by atoms with van der Waals surface area (Å²) in [7, 11) is 3.73. The van der Waals surface area contributed by atoms with Gasteiger partial charge in [0.25, 0.3) is 5.91 Å². The van der Waals surface area contributed by atoms with Crippen LogP contribution in [-0.2, 0) is 4.79 Å². The molecule has 2 N–H and O–H groups in total. The quantitative estimate of drug-likeness (QED) is 0.686. The molecule has 2 aromatic carbocycles. The van der Waals surface area contributed by atoms with E-state index < -0.39 is 6.04 Å². The van der Waals surface area contributed by atoms with Gasteiger partial charge in [-0.05, 0) is 62.0 Å². The minimum Gasteiger partial charge on any atom is -0.352 e. The van der Waals surface area contributed by atoms with Crippen molar-refractivity contribution in [1.29, 1.82) is 0 Å². The molecule has 0 radical (unpaired) electrons. The van der Waals surface area contributed by atoms with Crippen LogP contribution in [0.5, 0.6) is 0 Å². The van der Waals surface area contributed by atoms with Crippen LogP contribution >= 0.6 is 11.6 Å². The van der Waals surface area contributed by atoms with Crippen molar-refractivity contribution in [3.05, 3.63) is 70.5 Å². The maximum atomic E-state index is 13.6. The number of hydrogen-bond acceptors (Lipinski definition) is 3. The Morgan fingerprint density at radius 1 is 1.10 bits per heavy atom. The van der Waals surface area contributed by atoms with E-state index in [1.165, 1.54) is 12.1 Å². The van der Waals surface area contributed by atoms with Crippen molar-refractivity contribution in [3.8, 4) is 0 Å². The molecule has 0 aromatic heterocycles. The lowest BCUT2D eigenvalue weighted by atomic mass is 10.0. The van der Waals surface area contributed by atoms with Crippen LogP contribution in [-0.4, -0.2) is 43.4 Å². The molecule has 7 heteroatoms. The van der Waals surface area contributed by atoms with Crippen LogP contribution in [0.4, 0.5) is 4.39 Å². The van der Waals surface area contributed by atoms with Gasteiger partial charge in [-0.1, -0.05) is 37.6 Å². The SMILES string of the molecule is CC(C)C(NC(=O)c1ccc(Cl)cc1)C(=O)NCC(c1cccc(F)c1)N(C)C. The first kappa shape index (κ1) is 22.8. The number of nitrogens with one attached hydrogen (secondary N) is 2. The van der Waals surface area contributed by atoms with Crippen molar-refractivity contribution in [2.24, 2.45) is 5.92 Å². The van der Waals surface area contributed by atoms with Gasteiger partial charge in [-0.15, -0.1) is 0 Å². The highest BCUT2D eigenvalue weighted by Crippen LogP contribution is 2.18. The molecule has 156 valence electrons. The first-order valence-corrected chi connectivity index (χ1v) is 9.83. The summed E-state index contributed by atoms with van der Waals surface area (Å²) in [6, 6.07) is 11.9. The van der Waals surface area contributed by atoms with Gasteiger partial charge in [0.1, 0.15) is 11.9 Å². The number of carbonyl (C=O) groups is 2. The Morgan fingerprint density at radius 2 is 1.76 bits per heavy atom. The molecule has 0 bridgehead atoms. The molecule has 29 heavy (non-hydrogen) atoms. The molecular weight excluding hydrogens is 393 g/mol. The summed E-state index contributed by atoms with van der Waals surface area (Å²) in [5.74, 6) is -1.07. The zero-order valence-corrected chi connectivity index (χ0v) is 17.8. The summed E-state index contributed by atoms with van der Waals surface area (Å²) in [4.78, 5) is 27.2. The topological polar surface area (TPSA) is 61.4 Å². The van der Waals surface area contributed by atoms with E-state index in [1.54, 1.807) is 30.3 Å². The molecule has 2 atom stereocenters. The largest absolute Gasteiger partial charge is 0.352 e. The predicted molar refractivity (Wildman–Crippen MR) is 113 cm³/mol. The van der Waals surface area contributed by atoms with Gasteiger partial charge in [-0.2, -0.15) is 0 Å². The van der Waals surface area contributed by atoms with E-state index in [2.05, 4.69) is 10.6 Å². The molecule has 2 unspecified atom stereocenters. The molecule has 0 saturated heterocycles. The van der Waals surface area contributed by atoms with Crippen LogP contribution in [0.15, 0.2) is 48.5 Å². The lowest BCUT2D eigenvalue weighted by molar-refractivity contribution is -0.124. The second kappa shape index (κ2) is 10.4. The maximum absolute atomic E-state index is 13.6. The summed E-state index contributed by atoms with van der Waals surface area (Å²) >= 11 is 5.86. The van der Waals surface area contributed by atoms with E-state index in [1.807, 2.05) is 38.9 Å². The van der Waals surface area contributed by atoms with E-state index in [-0.39, 0.29) is 36.1 Å². The van der Waals surface area contributed by atoms with Crippen LogP contribution in [0.25, 0.3) is 0 Å². The molecule has 0 aliphatic heterocycles. The average Bonchev–Trinajstić information content (AvgIpc) is 2.66. The van der Waals surface area contributed by atoms with Gasteiger partial charge in [0.15, 0.2) is 0 Å². The van der Waals surface area contributed by atoms with Crippen LogP contribution in [0, 0.1) is 11.7 Å². The Bertz CT molecular complexity index is 840. The van der Waals surface area contributed by atoms with Crippen LogP contribution in [0.1, 0.15) is 35.8 Å². The minimum absolute atomic E-state index is 0.113. The normalized spacial score (nSPS) is 13.2. The van der Waals surface area contributed by atoms with Gasteiger partial charge in [-0.3, -0.25) is 9.59 Å². The van der Waals surface area contributed by atoms with Gasteiger partial charge < -0.3 is 15.5 Å². The lowest BCUT2D eigenvalue weighted by Crippen LogP contribution is -2.51. The molecule has 2 amide bonds. The zero-order valence-electron chi connectivity index (χ0n) is 17.1. The number of nitrogens with zero attached hydrogens (tertiary/aromatic N) is 1. The van der Waals surface area contributed by atoms with Crippen molar-refractivity contribution in [1.82, 2.24) is 15.5 Å². The molecule has 5 nitrogen and oxygen atoms in total. The van der Waals surface area contributed by atoms with Gasteiger partial charge in [0.05, 0.1) is 6.04 Å². The Kier molecular flexibility index (Phi) is 8.17. The van der Waals surface area contributed by atoms with Crippen molar-refractivity contribution in [2.75, 3.05) is 20.6 Å². The second-order valence-electron chi connectivity index (χ2n) is 7.48. The lowest BCUT2D eigenvalue weighted by Gasteiger charge is -2.27. The Morgan fingerprint density at radius 3 is 2.31 bits per heavy atom. The number of halogens is 2. The standard InChI is InChI=1S/C22H27ClFN3O2/c1-14(2)20(26-21(28)15-8-10-17(23)11-9-15)22(29)25-13-19(27(3)4)16-6-5-7-18(24)12-16/h5-12,14,19-20H,13H2,1-4H3,(H,25,29)(H,26,28). The summed E-state index contributed by atoms with van der Waals surface area (Å²) in [5.41, 5.74) is 1.19. The number of likely N-dealkylation sites (N-methyl/N-ethyl adjacent to an activating group) is 1. The summed E-state index contributed by atoms with van der Waals surface area (Å²) < 4.78 is 13.6. The van der Waals surface area contributed by atoms with Crippen molar-refractivity contribution in [2.45, 2.75) is 25.9 Å². The fourth-order valence-corrected chi connectivity index (χ4v) is 3.11. The summed E-state index contributed by atoms with van der Waals surface area (Å²) in [6.45, 7) is 4.01. The number of carbonyl (C=O) groups excluding carboxylic acids is 2. The van der Waals surface area contributed by atoms with E-state index in [0.717, 1.165) is 5.56 Å². The maximum Gasteiger partial charge on any atom is 0.251 e. The fourth-order valence-electron chi connectivity index (χ4n) is 2.98. The molecule has 0 spiro atoms. The molecular formula is C22H27ClFN3O2. The number of rotatable bonds is 8. The highest BCUT2D eigenvalue weighted by atomic mass is 35.5. The molecule has 0 saturated carbocycles. The van der Waals surface area contributed by atoms with E-state index in [9.17, 15) is 14.0 Å². The third-order valence-corrected chi connectivity index (χ3v) is 4.92. The Labute approximate surface area is 176 Å². The highest BCUT2D eigenvalue weighted by Gasteiger charge is 2.26.